The van der Waals surface area contributed by atoms with Crippen molar-refractivity contribution in [1.82, 2.24) is 5.32 Å². The Hall–Kier alpha value is -2.62. The normalized spacial score (nSPS) is 15.2. The van der Waals surface area contributed by atoms with Crippen LogP contribution in [0.2, 0.25) is 0 Å². The first-order valence-corrected chi connectivity index (χ1v) is 8.74. The fourth-order valence-corrected chi connectivity index (χ4v) is 3.40. The molecular weight excluding hydrogens is 314 g/mol. The number of carboxylic acid groups (broad SMARTS) is 1. The minimum Gasteiger partial charge on any atom is -0.478 e. The van der Waals surface area contributed by atoms with Gasteiger partial charge < -0.3 is 10.4 Å². The number of hydrogen-bond acceptors (Lipinski definition) is 2. The van der Waals surface area contributed by atoms with Gasteiger partial charge in [0.25, 0.3) is 0 Å². The molecule has 0 atom stereocenters. The molecule has 1 amide bonds. The summed E-state index contributed by atoms with van der Waals surface area (Å²) in [5, 5.41) is 12.0. The SMILES string of the molecule is O=C(O)c1ccc(CCNC(=O)C2(Cc3ccccc3)CCC2)cc1. The number of nitrogens with one attached hydrogen (secondary N) is 1. The summed E-state index contributed by atoms with van der Waals surface area (Å²) >= 11 is 0. The molecular formula is C21H23NO3. The minimum absolute atomic E-state index is 0.143. The van der Waals surface area contributed by atoms with E-state index in [0.717, 1.165) is 31.2 Å². The van der Waals surface area contributed by atoms with E-state index in [0.29, 0.717) is 13.0 Å². The molecule has 2 N–H and O–H groups in total. The van der Waals surface area contributed by atoms with E-state index >= 15 is 0 Å². The predicted molar refractivity (Wildman–Crippen MR) is 96.5 cm³/mol. The predicted octanol–water partition coefficient (Wildman–Crippen LogP) is 3.46. The van der Waals surface area contributed by atoms with Crippen molar-refractivity contribution in [2.24, 2.45) is 5.41 Å². The third kappa shape index (κ3) is 4.08. The van der Waals surface area contributed by atoms with E-state index in [1.54, 1.807) is 24.3 Å². The summed E-state index contributed by atoms with van der Waals surface area (Å²) in [6, 6.07) is 17.0. The van der Waals surface area contributed by atoms with E-state index in [2.05, 4.69) is 17.4 Å². The summed E-state index contributed by atoms with van der Waals surface area (Å²) in [6.45, 7) is 0.571. The van der Waals surface area contributed by atoms with Gasteiger partial charge in [0.1, 0.15) is 0 Å². The van der Waals surface area contributed by atoms with Crippen LogP contribution in [0, 0.1) is 5.41 Å². The third-order valence-corrected chi connectivity index (χ3v) is 5.08. The molecule has 2 aromatic rings. The van der Waals surface area contributed by atoms with Crippen LogP contribution in [0.5, 0.6) is 0 Å². The molecule has 4 nitrogen and oxygen atoms in total. The molecule has 0 unspecified atom stereocenters. The first kappa shape index (κ1) is 17.2. The molecule has 0 aromatic heterocycles. The van der Waals surface area contributed by atoms with E-state index in [1.807, 2.05) is 18.2 Å². The molecule has 1 aliphatic carbocycles. The van der Waals surface area contributed by atoms with E-state index in [9.17, 15) is 9.59 Å². The van der Waals surface area contributed by atoms with Gasteiger partial charge >= 0.3 is 5.97 Å². The highest BCUT2D eigenvalue weighted by molar-refractivity contribution is 5.87. The molecule has 3 rings (SSSR count). The van der Waals surface area contributed by atoms with E-state index in [4.69, 9.17) is 5.11 Å². The molecule has 0 saturated heterocycles. The Balaban J connectivity index is 1.53. The monoisotopic (exact) mass is 337 g/mol. The molecule has 1 aliphatic rings. The lowest BCUT2D eigenvalue weighted by Crippen LogP contribution is -2.47. The fourth-order valence-electron chi connectivity index (χ4n) is 3.40. The molecule has 0 heterocycles. The van der Waals surface area contributed by atoms with Crippen molar-refractivity contribution in [2.45, 2.75) is 32.1 Å². The van der Waals surface area contributed by atoms with Crippen LogP contribution in [0.25, 0.3) is 0 Å². The number of carboxylic acids is 1. The Labute approximate surface area is 147 Å². The number of rotatable bonds is 7. The van der Waals surface area contributed by atoms with E-state index in [1.165, 1.54) is 5.56 Å². The first-order chi connectivity index (χ1) is 12.1. The standard InChI is InChI=1S/C21H23NO3/c23-19(24)18-9-7-16(8-10-18)11-14-22-20(25)21(12-4-13-21)15-17-5-2-1-3-6-17/h1-3,5-10H,4,11-15H2,(H,22,25)(H,23,24). The van der Waals surface area contributed by atoms with Gasteiger partial charge in [-0.05, 0) is 48.9 Å². The van der Waals surface area contributed by atoms with E-state index < -0.39 is 5.97 Å². The second-order valence-electron chi connectivity index (χ2n) is 6.80. The second-order valence-corrected chi connectivity index (χ2v) is 6.80. The molecule has 0 bridgehead atoms. The van der Waals surface area contributed by atoms with Gasteiger partial charge in [0.2, 0.25) is 5.91 Å². The van der Waals surface area contributed by atoms with Crippen molar-refractivity contribution in [3.05, 3.63) is 71.3 Å². The molecule has 0 aliphatic heterocycles. The molecule has 1 fully saturated rings. The van der Waals surface area contributed by atoms with Gasteiger partial charge in [-0.25, -0.2) is 4.79 Å². The summed E-state index contributed by atoms with van der Waals surface area (Å²) in [4.78, 5) is 23.6. The maximum atomic E-state index is 12.7. The highest BCUT2D eigenvalue weighted by atomic mass is 16.4. The number of carbonyl (C=O) groups is 2. The van der Waals surface area contributed by atoms with Crippen LogP contribution in [0.1, 0.15) is 40.7 Å². The second kappa shape index (κ2) is 7.51. The van der Waals surface area contributed by atoms with Gasteiger partial charge in [-0.1, -0.05) is 48.9 Å². The van der Waals surface area contributed by atoms with Crippen molar-refractivity contribution < 1.29 is 14.7 Å². The highest BCUT2D eigenvalue weighted by Crippen LogP contribution is 2.43. The number of hydrogen-bond donors (Lipinski definition) is 2. The fraction of sp³-hybridized carbons (Fsp3) is 0.333. The molecule has 0 spiro atoms. The van der Waals surface area contributed by atoms with Crippen molar-refractivity contribution >= 4 is 11.9 Å². The third-order valence-electron chi connectivity index (χ3n) is 5.08. The number of carbonyl (C=O) groups excluding carboxylic acids is 1. The highest BCUT2D eigenvalue weighted by Gasteiger charge is 2.43. The molecule has 2 aromatic carbocycles. The Morgan fingerprint density at radius 3 is 2.20 bits per heavy atom. The summed E-state index contributed by atoms with van der Waals surface area (Å²) in [5.41, 5.74) is 2.26. The Morgan fingerprint density at radius 1 is 0.960 bits per heavy atom. The average molecular weight is 337 g/mol. The molecule has 4 heteroatoms. The van der Waals surface area contributed by atoms with Crippen molar-refractivity contribution in [1.29, 1.82) is 0 Å². The Bertz CT molecular complexity index is 733. The quantitative estimate of drug-likeness (QED) is 0.813. The number of benzene rings is 2. The maximum Gasteiger partial charge on any atom is 0.335 e. The lowest BCUT2D eigenvalue weighted by molar-refractivity contribution is -0.135. The van der Waals surface area contributed by atoms with Crippen molar-refractivity contribution in [3.8, 4) is 0 Å². The summed E-state index contributed by atoms with van der Waals surface area (Å²) in [7, 11) is 0. The van der Waals surface area contributed by atoms with Gasteiger partial charge in [-0.2, -0.15) is 0 Å². The van der Waals surface area contributed by atoms with Gasteiger partial charge in [0.05, 0.1) is 11.0 Å². The number of aromatic carboxylic acids is 1. The molecule has 130 valence electrons. The number of amides is 1. The van der Waals surface area contributed by atoms with E-state index in [-0.39, 0.29) is 16.9 Å². The van der Waals surface area contributed by atoms with Crippen LogP contribution in [-0.2, 0) is 17.6 Å². The van der Waals surface area contributed by atoms with Crippen LogP contribution in [0.15, 0.2) is 54.6 Å². The lowest BCUT2D eigenvalue weighted by atomic mass is 9.64. The minimum atomic E-state index is -0.923. The van der Waals surface area contributed by atoms with Crippen LogP contribution < -0.4 is 5.32 Å². The maximum absolute atomic E-state index is 12.7. The molecule has 0 radical (unpaired) electrons. The van der Waals surface area contributed by atoms with Gasteiger partial charge in [0.15, 0.2) is 0 Å². The van der Waals surface area contributed by atoms with Crippen LogP contribution >= 0.6 is 0 Å². The zero-order valence-electron chi connectivity index (χ0n) is 14.2. The van der Waals surface area contributed by atoms with Gasteiger partial charge in [-0.15, -0.1) is 0 Å². The largest absolute Gasteiger partial charge is 0.478 e. The average Bonchev–Trinajstić information content (AvgIpc) is 2.59. The smallest absolute Gasteiger partial charge is 0.335 e. The topological polar surface area (TPSA) is 66.4 Å². The Kier molecular flexibility index (Phi) is 5.17. The van der Waals surface area contributed by atoms with Crippen molar-refractivity contribution in [2.75, 3.05) is 6.54 Å². The molecule has 25 heavy (non-hydrogen) atoms. The van der Waals surface area contributed by atoms with Crippen LogP contribution in [-0.4, -0.2) is 23.5 Å². The summed E-state index contributed by atoms with van der Waals surface area (Å²) < 4.78 is 0. The van der Waals surface area contributed by atoms with Gasteiger partial charge in [-0.3, -0.25) is 4.79 Å². The first-order valence-electron chi connectivity index (χ1n) is 8.74. The summed E-state index contributed by atoms with van der Waals surface area (Å²) in [6.07, 6.45) is 4.50. The van der Waals surface area contributed by atoms with Gasteiger partial charge in [0, 0.05) is 6.54 Å². The zero-order chi connectivity index (χ0) is 17.7. The van der Waals surface area contributed by atoms with Crippen molar-refractivity contribution in [3.63, 3.8) is 0 Å². The Morgan fingerprint density at radius 2 is 1.64 bits per heavy atom. The molecule has 1 saturated carbocycles. The lowest BCUT2D eigenvalue weighted by Gasteiger charge is -2.40. The van der Waals surface area contributed by atoms with Crippen LogP contribution in [0.3, 0.4) is 0 Å². The van der Waals surface area contributed by atoms with Crippen LogP contribution in [0.4, 0.5) is 0 Å². The zero-order valence-corrected chi connectivity index (χ0v) is 14.2. The summed E-state index contributed by atoms with van der Waals surface area (Å²) in [5.74, 6) is -0.780.